The summed E-state index contributed by atoms with van der Waals surface area (Å²) >= 11 is 0. The van der Waals surface area contributed by atoms with Crippen molar-refractivity contribution in [1.29, 1.82) is 0 Å². The van der Waals surface area contributed by atoms with Crippen LogP contribution in [0, 0.1) is 11.8 Å². The van der Waals surface area contributed by atoms with Gasteiger partial charge in [0.2, 0.25) is 0 Å². The summed E-state index contributed by atoms with van der Waals surface area (Å²) in [5.74, 6) is 2.55. The number of hydrogen-bond donors (Lipinski definition) is 1. The first-order valence-corrected chi connectivity index (χ1v) is 6.70. The molecule has 17 heavy (non-hydrogen) atoms. The second-order valence-corrected chi connectivity index (χ2v) is 5.32. The van der Waals surface area contributed by atoms with E-state index in [0.29, 0.717) is 0 Å². The minimum absolute atomic E-state index is 0.725. The van der Waals surface area contributed by atoms with Crippen molar-refractivity contribution in [3.05, 3.63) is 24.2 Å². The lowest BCUT2D eigenvalue weighted by molar-refractivity contribution is 0.164. The first-order valence-electron chi connectivity index (χ1n) is 6.70. The zero-order valence-electron chi connectivity index (χ0n) is 10.8. The van der Waals surface area contributed by atoms with Gasteiger partial charge in [-0.25, -0.2) is 0 Å². The standard InChI is InChI=1S/C14H24N2O/c1-16(11-14-7-4-8-17-14)10-13-6-3-2-5-12(13)9-15/h4,7-8,12-13H,2-3,5-6,9-11,15H2,1H3. The molecular weight excluding hydrogens is 212 g/mol. The molecule has 2 N–H and O–H groups in total. The number of nitrogens with two attached hydrogens (primary N) is 1. The quantitative estimate of drug-likeness (QED) is 0.854. The topological polar surface area (TPSA) is 42.4 Å². The van der Waals surface area contributed by atoms with Crippen LogP contribution in [0.1, 0.15) is 31.4 Å². The zero-order chi connectivity index (χ0) is 12.1. The lowest BCUT2D eigenvalue weighted by Gasteiger charge is -2.33. The first-order chi connectivity index (χ1) is 8.29. The highest BCUT2D eigenvalue weighted by Crippen LogP contribution is 2.29. The number of hydrogen-bond acceptors (Lipinski definition) is 3. The van der Waals surface area contributed by atoms with Crippen molar-refractivity contribution in [2.75, 3.05) is 20.1 Å². The molecule has 1 aromatic heterocycles. The van der Waals surface area contributed by atoms with Crippen LogP contribution in [0.2, 0.25) is 0 Å². The third kappa shape index (κ3) is 3.58. The van der Waals surface area contributed by atoms with Crippen molar-refractivity contribution in [1.82, 2.24) is 4.90 Å². The van der Waals surface area contributed by atoms with Crippen molar-refractivity contribution in [3.8, 4) is 0 Å². The molecule has 0 radical (unpaired) electrons. The summed E-state index contributed by atoms with van der Waals surface area (Å²) in [5, 5.41) is 0. The Morgan fingerprint density at radius 3 is 2.76 bits per heavy atom. The normalized spacial score (nSPS) is 25.4. The Morgan fingerprint density at radius 1 is 1.35 bits per heavy atom. The fourth-order valence-corrected chi connectivity index (χ4v) is 2.97. The van der Waals surface area contributed by atoms with Gasteiger partial charge in [0, 0.05) is 6.54 Å². The van der Waals surface area contributed by atoms with Gasteiger partial charge in [-0.3, -0.25) is 4.90 Å². The van der Waals surface area contributed by atoms with Gasteiger partial charge >= 0.3 is 0 Å². The molecule has 2 unspecified atom stereocenters. The van der Waals surface area contributed by atoms with Crippen LogP contribution in [-0.2, 0) is 6.54 Å². The zero-order valence-corrected chi connectivity index (χ0v) is 10.8. The van der Waals surface area contributed by atoms with E-state index in [1.54, 1.807) is 6.26 Å². The molecule has 0 aliphatic heterocycles. The summed E-state index contributed by atoms with van der Waals surface area (Å²) in [6.45, 7) is 2.89. The molecule has 1 aromatic rings. The molecule has 1 aliphatic rings. The van der Waals surface area contributed by atoms with Gasteiger partial charge in [0.1, 0.15) is 5.76 Å². The van der Waals surface area contributed by atoms with Crippen LogP contribution in [-0.4, -0.2) is 25.0 Å². The monoisotopic (exact) mass is 236 g/mol. The van der Waals surface area contributed by atoms with E-state index in [-0.39, 0.29) is 0 Å². The Bertz CT molecular complexity index is 310. The summed E-state index contributed by atoms with van der Waals surface area (Å²) in [6, 6.07) is 3.99. The van der Waals surface area contributed by atoms with Crippen molar-refractivity contribution in [2.45, 2.75) is 32.2 Å². The minimum Gasteiger partial charge on any atom is -0.468 e. The van der Waals surface area contributed by atoms with Crippen LogP contribution in [0.15, 0.2) is 22.8 Å². The average molecular weight is 236 g/mol. The number of nitrogens with zero attached hydrogens (tertiary/aromatic N) is 1. The lowest BCUT2D eigenvalue weighted by atomic mass is 9.79. The van der Waals surface area contributed by atoms with Crippen LogP contribution in [0.4, 0.5) is 0 Å². The van der Waals surface area contributed by atoms with E-state index in [0.717, 1.165) is 37.2 Å². The predicted molar refractivity (Wildman–Crippen MR) is 69.5 cm³/mol. The van der Waals surface area contributed by atoms with Gasteiger partial charge in [0.05, 0.1) is 12.8 Å². The predicted octanol–water partition coefficient (Wildman–Crippen LogP) is 2.48. The maximum absolute atomic E-state index is 5.87. The van der Waals surface area contributed by atoms with Gasteiger partial charge in [0.15, 0.2) is 0 Å². The van der Waals surface area contributed by atoms with E-state index < -0.39 is 0 Å². The van der Waals surface area contributed by atoms with Crippen LogP contribution >= 0.6 is 0 Å². The molecule has 0 saturated heterocycles. The molecule has 1 aliphatic carbocycles. The molecule has 2 atom stereocenters. The maximum atomic E-state index is 5.87. The Hall–Kier alpha value is -0.800. The molecule has 0 spiro atoms. The highest BCUT2D eigenvalue weighted by atomic mass is 16.3. The van der Waals surface area contributed by atoms with E-state index in [1.165, 1.54) is 25.7 Å². The van der Waals surface area contributed by atoms with Crippen LogP contribution in [0.3, 0.4) is 0 Å². The van der Waals surface area contributed by atoms with Gasteiger partial charge in [-0.05, 0) is 50.4 Å². The highest BCUT2D eigenvalue weighted by Gasteiger charge is 2.24. The van der Waals surface area contributed by atoms with E-state index in [9.17, 15) is 0 Å². The summed E-state index contributed by atoms with van der Waals surface area (Å²) in [4.78, 5) is 2.36. The highest BCUT2D eigenvalue weighted by molar-refractivity contribution is 4.97. The Balaban J connectivity index is 1.82. The third-order valence-electron chi connectivity index (χ3n) is 3.92. The summed E-state index contributed by atoms with van der Waals surface area (Å²) in [6.07, 6.45) is 7.13. The maximum Gasteiger partial charge on any atom is 0.117 e. The van der Waals surface area contributed by atoms with Crippen molar-refractivity contribution in [3.63, 3.8) is 0 Å². The SMILES string of the molecule is CN(Cc1ccco1)CC1CCCCC1CN. The van der Waals surface area contributed by atoms with E-state index >= 15 is 0 Å². The third-order valence-corrected chi connectivity index (χ3v) is 3.92. The van der Waals surface area contributed by atoms with Crippen molar-refractivity contribution >= 4 is 0 Å². The molecule has 0 aromatic carbocycles. The fourth-order valence-electron chi connectivity index (χ4n) is 2.97. The summed E-state index contributed by atoms with van der Waals surface area (Å²) in [7, 11) is 2.17. The number of furan rings is 1. The fraction of sp³-hybridized carbons (Fsp3) is 0.714. The van der Waals surface area contributed by atoms with Gasteiger partial charge in [0.25, 0.3) is 0 Å². The Labute approximate surface area is 104 Å². The molecule has 96 valence electrons. The molecule has 1 heterocycles. The van der Waals surface area contributed by atoms with E-state index in [4.69, 9.17) is 10.2 Å². The Kier molecular flexibility index (Phi) is 4.63. The average Bonchev–Trinajstić information content (AvgIpc) is 2.82. The van der Waals surface area contributed by atoms with Gasteiger partial charge in [-0.1, -0.05) is 12.8 Å². The lowest BCUT2D eigenvalue weighted by Crippen LogP contribution is -2.35. The molecule has 0 amide bonds. The first kappa shape index (κ1) is 12.7. The molecule has 3 nitrogen and oxygen atoms in total. The molecular formula is C14H24N2O. The smallest absolute Gasteiger partial charge is 0.117 e. The molecule has 2 rings (SSSR count). The van der Waals surface area contributed by atoms with E-state index in [1.807, 2.05) is 12.1 Å². The second-order valence-electron chi connectivity index (χ2n) is 5.32. The van der Waals surface area contributed by atoms with Gasteiger partial charge < -0.3 is 10.2 Å². The summed E-state index contributed by atoms with van der Waals surface area (Å²) < 4.78 is 5.38. The van der Waals surface area contributed by atoms with Crippen LogP contribution in [0.5, 0.6) is 0 Å². The molecule has 1 fully saturated rings. The molecule has 3 heteroatoms. The molecule has 0 bridgehead atoms. The van der Waals surface area contributed by atoms with Crippen molar-refractivity contribution in [2.24, 2.45) is 17.6 Å². The van der Waals surface area contributed by atoms with E-state index in [2.05, 4.69) is 11.9 Å². The Morgan fingerprint density at radius 2 is 2.12 bits per heavy atom. The minimum atomic E-state index is 0.725. The second kappa shape index (κ2) is 6.22. The largest absolute Gasteiger partial charge is 0.468 e. The summed E-state index contributed by atoms with van der Waals surface area (Å²) in [5.41, 5.74) is 5.87. The number of rotatable bonds is 5. The van der Waals surface area contributed by atoms with Crippen LogP contribution in [0.25, 0.3) is 0 Å². The van der Waals surface area contributed by atoms with Crippen LogP contribution < -0.4 is 5.73 Å². The van der Waals surface area contributed by atoms with Gasteiger partial charge in [-0.15, -0.1) is 0 Å². The molecule has 1 saturated carbocycles. The van der Waals surface area contributed by atoms with Gasteiger partial charge in [-0.2, -0.15) is 0 Å². The van der Waals surface area contributed by atoms with Crippen molar-refractivity contribution < 1.29 is 4.42 Å².